The van der Waals surface area contributed by atoms with Gasteiger partial charge >= 0.3 is 0 Å². The molecule has 0 amide bonds. The minimum absolute atomic E-state index is 0.0938. The molecule has 1 aromatic carbocycles. The quantitative estimate of drug-likeness (QED) is 0.653. The lowest BCUT2D eigenvalue weighted by molar-refractivity contribution is 1.22. The molecule has 0 saturated heterocycles. The number of aromatic nitrogens is 1. The summed E-state index contributed by atoms with van der Waals surface area (Å²) in [4.78, 5) is 0. The van der Waals surface area contributed by atoms with Crippen LogP contribution in [0, 0.1) is 22.7 Å². The summed E-state index contributed by atoms with van der Waals surface area (Å²) in [5.41, 5.74) is 1.08. The number of hydrogen-bond acceptors (Lipinski definition) is 2. The Labute approximate surface area is 87.1 Å². The highest BCUT2D eigenvalue weighted by Gasteiger charge is 1.98. The molecule has 0 radical (unpaired) electrons. The predicted molar refractivity (Wildman–Crippen MR) is 57.4 cm³/mol. The number of benzene rings is 1. The molecule has 0 aliphatic rings. The number of para-hydroxylation sites is 1. The van der Waals surface area contributed by atoms with E-state index in [1.165, 1.54) is 6.20 Å². The molecule has 0 atom stereocenters. The third-order valence-corrected chi connectivity index (χ3v) is 2.14. The summed E-state index contributed by atoms with van der Waals surface area (Å²) < 4.78 is 1.77. The first-order chi connectivity index (χ1) is 7.35. The second-order valence-electron chi connectivity index (χ2n) is 3.05. The van der Waals surface area contributed by atoms with Crippen LogP contribution >= 0.6 is 0 Å². The van der Waals surface area contributed by atoms with Gasteiger partial charge in [-0.05, 0) is 17.5 Å². The van der Waals surface area contributed by atoms with Gasteiger partial charge in [0.15, 0.2) is 0 Å². The summed E-state index contributed by atoms with van der Waals surface area (Å²) in [6, 6.07) is 13.4. The van der Waals surface area contributed by atoms with E-state index in [4.69, 9.17) is 10.5 Å². The second-order valence-corrected chi connectivity index (χ2v) is 3.05. The Balaban J connectivity index is 2.61. The van der Waals surface area contributed by atoms with Crippen LogP contribution < -0.4 is 0 Å². The molecular weight excluding hydrogens is 186 g/mol. The van der Waals surface area contributed by atoms with Gasteiger partial charge in [-0.15, -0.1) is 0 Å². The maximum absolute atomic E-state index is 8.64. The largest absolute Gasteiger partial charge is 0.321 e. The maximum Gasteiger partial charge on any atom is 0.146 e. The zero-order valence-corrected chi connectivity index (χ0v) is 7.88. The third-order valence-electron chi connectivity index (χ3n) is 2.14. The van der Waals surface area contributed by atoms with Crippen molar-refractivity contribution in [3.8, 4) is 12.1 Å². The number of allylic oxidation sites excluding steroid dienone is 1. The first-order valence-electron chi connectivity index (χ1n) is 4.43. The highest BCUT2D eigenvalue weighted by atomic mass is 14.9. The van der Waals surface area contributed by atoms with E-state index in [-0.39, 0.29) is 5.57 Å². The molecule has 0 spiro atoms. The number of nitrogens with zero attached hydrogens (tertiary/aromatic N) is 3. The number of nitriles is 2. The van der Waals surface area contributed by atoms with Crippen LogP contribution in [0.15, 0.2) is 42.1 Å². The van der Waals surface area contributed by atoms with Crippen molar-refractivity contribution in [1.29, 1.82) is 10.5 Å². The Bertz CT molecular complexity index is 590. The molecule has 3 heteroatoms. The highest BCUT2D eigenvalue weighted by Crippen LogP contribution is 2.15. The lowest BCUT2D eigenvalue weighted by Gasteiger charge is -1.96. The average Bonchev–Trinajstić information content (AvgIpc) is 2.69. The third kappa shape index (κ3) is 1.59. The summed E-state index contributed by atoms with van der Waals surface area (Å²) in [6.07, 6.45) is 3.36. The molecule has 0 aliphatic carbocycles. The van der Waals surface area contributed by atoms with Crippen LogP contribution in [0.5, 0.6) is 0 Å². The highest BCUT2D eigenvalue weighted by molar-refractivity contribution is 5.82. The molecule has 2 aromatic rings. The molecule has 0 unspecified atom stereocenters. The van der Waals surface area contributed by atoms with Gasteiger partial charge in [0.2, 0.25) is 0 Å². The molecule has 70 valence electrons. The van der Waals surface area contributed by atoms with Crippen LogP contribution in [0.3, 0.4) is 0 Å². The summed E-state index contributed by atoms with van der Waals surface area (Å²) in [5, 5.41) is 18.4. The lowest BCUT2D eigenvalue weighted by Crippen LogP contribution is -1.85. The molecule has 0 bridgehead atoms. The minimum Gasteiger partial charge on any atom is -0.321 e. The van der Waals surface area contributed by atoms with Crippen molar-refractivity contribution in [1.82, 2.24) is 4.57 Å². The summed E-state index contributed by atoms with van der Waals surface area (Å²) in [6.45, 7) is 0. The van der Waals surface area contributed by atoms with Crippen molar-refractivity contribution in [2.24, 2.45) is 0 Å². The molecule has 0 aliphatic heterocycles. The van der Waals surface area contributed by atoms with E-state index in [2.05, 4.69) is 0 Å². The van der Waals surface area contributed by atoms with Crippen molar-refractivity contribution < 1.29 is 0 Å². The first kappa shape index (κ1) is 9.05. The van der Waals surface area contributed by atoms with Crippen molar-refractivity contribution >= 4 is 17.1 Å². The Kier molecular flexibility index (Phi) is 2.23. The van der Waals surface area contributed by atoms with E-state index < -0.39 is 0 Å². The van der Waals surface area contributed by atoms with Crippen LogP contribution in [0.2, 0.25) is 0 Å². The van der Waals surface area contributed by atoms with Crippen molar-refractivity contribution in [2.75, 3.05) is 0 Å². The molecule has 1 heterocycles. The second kappa shape index (κ2) is 3.69. The van der Waals surface area contributed by atoms with Crippen LogP contribution in [0.4, 0.5) is 0 Å². The van der Waals surface area contributed by atoms with Gasteiger partial charge in [0.25, 0.3) is 0 Å². The van der Waals surface area contributed by atoms with Gasteiger partial charge in [0.05, 0.1) is 5.52 Å². The predicted octanol–water partition coefficient (Wildman–Crippen LogP) is 2.53. The van der Waals surface area contributed by atoms with Crippen LogP contribution in [0.1, 0.15) is 0 Å². The van der Waals surface area contributed by atoms with Gasteiger partial charge < -0.3 is 4.57 Å². The van der Waals surface area contributed by atoms with Gasteiger partial charge in [-0.2, -0.15) is 10.5 Å². The average molecular weight is 193 g/mol. The number of hydrogen-bond donors (Lipinski definition) is 0. The zero-order valence-electron chi connectivity index (χ0n) is 7.88. The molecule has 2 rings (SSSR count). The molecule has 0 saturated carbocycles. The first-order valence-corrected chi connectivity index (χ1v) is 4.43. The van der Waals surface area contributed by atoms with Gasteiger partial charge in [0.1, 0.15) is 17.7 Å². The van der Waals surface area contributed by atoms with Crippen molar-refractivity contribution in [3.05, 3.63) is 42.1 Å². The molecule has 0 fully saturated rings. The van der Waals surface area contributed by atoms with Gasteiger partial charge in [0, 0.05) is 12.4 Å². The SMILES string of the molecule is N#CC(C#N)=Cn1ccc2ccccc21. The van der Waals surface area contributed by atoms with Crippen molar-refractivity contribution in [3.63, 3.8) is 0 Å². The Morgan fingerprint density at radius 2 is 1.87 bits per heavy atom. The summed E-state index contributed by atoms with van der Waals surface area (Å²) >= 11 is 0. The Morgan fingerprint density at radius 3 is 2.60 bits per heavy atom. The summed E-state index contributed by atoms with van der Waals surface area (Å²) in [5.74, 6) is 0. The van der Waals surface area contributed by atoms with E-state index in [1.807, 2.05) is 48.7 Å². The molecule has 1 aromatic heterocycles. The van der Waals surface area contributed by atoms with Gasteiger partial charge in [-0.1, -0.05) is 18.2 Å². The minimum atomic E-state index is 0.0938. The fourth-order valence-electron chi connectivity index (χ4n) is 1.44. The summed E-state index contributed by atoms with van der Waals surface area (Å²) in [7, 11) is 0. The monoisotopic (exact) mass is 193 g/mol. The maximum atomic E-state index is 8.64. The molecular formula is C12H7N3. The lowest BCUT2D eigenvalue weighted by atomic mass is 10.2. The Hall–Kier alpha value is -2.52. The van der Waals surface area contributed by atoms with Crippen molar-refractivity contribution in [2.45, 2.75) is 0 Å². The standard InChI is InChI=1S/C12H7N3/c13-7-10(8-14)9-15-6-5-11-3-1-2-4-12(11)15/h1-6,9H. The number of fused-ring (bicyclic) bond motifs is 1. The topological polar surface area (TPSA) is 52.5 Å². The fourth-order valence-corrected chi connectivity index (χ4v) is 1.44. The van der Waals surface area contributed by atoms with Gasteiger partial charge in [-0.25, -0.2) is 0 Å². The normalized spacial score (nSPS) is 9.20. The van der Waals surface area contributed by atoms with E-state index in [1.54, 1.807) is 4.57 Å². The molecule has 0 N–H and O–H groups in total. The van der Waals surface area contributed by atoms with E-state index in [0.717, 1.165) is 10.9 Å². The smallest absolute Gasteiger partial charge is 0.146 e. The van der Waals surface area contributed by atoms with Gasteiger partial charge in [-0.3, -0.25) is 0 Å². The zero-order chi connectivity index (χ0) is 10.7. The van der Waals surface area contributed by atoms with E-state index >= 15 is 0 Å². The van der Waals surface area contributed by atoms with E-state index in [9.17, 15) is 0 Å². The Morgan fingerprint density at radius 1 is 1.13 bits per heavy atom. The van der Waals surface area contributed by atoms with E-state index in [0.29, 0.717) is 0 Å². The fraction of sp³-hybridized carbons (Fsp3) is 0. The number of rotatable bonds is 1. The van der Waals surface area contributed by atoms with Crippen LogP contribution in [-0.4, -0.2) is 4.57 Å². The van der Waals surface area contributed by atoms with Crippen LogP contribution in [-0.2, 0) is 0 Å². The molecule has 15 heavy (non-hydrogen) atoms. The van der Waals surface area contributed by atoms with Crippen LogP contribution in [0.25, 0.3) is 17.1 Å². The molecule has 3 nitrogen and oxygen atoms in total.